The molecule has 0 aliphatic rings. The molecule has 2 aromatic carbocycles. The van der Waals surface area contributed by atoms with Crippen molar-refractivity contribution in [2.75, 3.05) is 42.2 Å². The minimum absolute atomic E-state index is 0.116. The highest BCUT2D eigenvalue weighted by atomic mass is 16.5. The normalized spacial score (nSPS) is 10.8. The van der Waals surface area contributed by atoms with Gasteiger partial charge in [0.2, 0.25) is 5.75 Å². The first-order valence-corrected chi connectivity index (χ1v) is 9.39. The van der Waals surface area contributed by atoms with Crippen molar-refractivity contribution in [1.29, 1.82) is 0 Å². The van der Waals surface area contributed by atoms with Crippen LogP contribution in [0, 0.1) is 0 Å². The SMILES string of the molecule is CCOC(=O)/C(=C\c1cc(OC)c(OC)c(OC)c1)C(=O)c1ccc(OC)c(OC)c1. The molecule has 8 nitrogen and oxygen atoms in total. The van der Waals surface area contributed by atoms with E-state index in [9.17, 15) is 9.59 Å². The van der Waals surface area contributed by atoms with Gasteiger partial charge in [0.25, 0.3) is 0 Å². The van der Waals surface area contributed by atoms with Crippen molar-refractivity contribution in [2.24, 2.45) is 0 Å². The second-order valence-corrected chi connectivity index (χ2v) is 6.14. The summed E-state index contributed by atoms with van der Waals surface area (Å²) in [7, 11) is 7.40. The second-order valence-electron chi connectivity index (χ2n) is 6.14. The number of ketones is 1. The number of carbonyl (C=O) groups is 2. The largest absolute Gasteiger partial charge is 0.493 e. The zero-order valence-corrected chi connectivity index (χ0v) is 18.4. The summed E-state index contributed by atoms with van der Waals surface area (Å²) in [6.07, 6.45) is 1.42. The Morgan fingerprint density at radius 3 is 1.84 bits per heavy atom. The highest BCUT2D eigenvalue weighted by Gasteiger charge is 2.23. The molecule has 166 valence electrons. The molecular formula is C23H26O8. The lowest BCUT2D eigenvalue weighted by Crippen LogP contribution is -2.16. The lowest BCUT2D eigenvalue weighted by Gasteiger charge is -2.14. The molecule has 0 aliphatic carbocycles. The van der Waals surface area contributed by atoms with E-state index in [-0.39, 0.29) is 17.7 Å². The lowest BCUT2D eigenvalue weighted by atomic mass is 10.00. The Bertz CT molecular complexity index is 953. The zero-order chi connectivity index (χ0) is 23.0. The molecule has 0 aromatic heterocycles. The smallest absolute Gasteiger partial charge is 0.342 e. The van der Waals surface area contributed by atoms with Gasteiger partial charge in [0, 0.05) is 5.56 Å². The molecule has 0 heterocycles. The number of hydrogen-bond acceptors (Lipinski definition) is 8. The first-order valence-electron chi connectivity index (χ1n) is 9.39. The lowest BCUT2D eigenvalue weighted by molar-refractivity contribution is -0.137. The third-order valence-electron chi connectivity index (χ3n) is 4.38. The molecule has 0 N–H and O–H groups in total. The monoisotopic (exact) mass is 430 g/mol. The van der Waals surface area contributed by atoms with Crippen molar-refractivity contribution >= 4 is 17.8 Å². The van der Waals surface area contributed by atoms with Gasteiger partial charge in [-0.3, -0.25) is 4.79 Å². The van der Waals surface area contributed by atoms with Gasteiger partial charge in [0.1, 0.15) is 5.57 Å². The van der Waals surface area contributed by atoms with Gasteiger partial charge in [0.15, 0.2) is 28.8 Å². The molecule has 0 bridgehead atoms. The van der Waals surface area contributed by atoms with Crippen molar-refractivity contribution in [3.63, 3.8) is 0 Å². The van der Waals surface area contributed by atoms with Crippen molar-refractivity contribution in [1.82, 2.24) is 0 Å². The van der Waals surface area contributed by atoms with E-state index in [1.54, 1.807) is 31.2 Å². The van der Waals surface area contributed by atoms with Gasteiger partial charge >= 0.3 is 5.97 Å². The van der Waals surface area contributed by atoms with Gasteiger partial charge in [-0.15, -0.1) is 0 Å². The van der Waals surface area contributed by atoms with Crippen LogP contribution in [0.2, 0.25) is 0 Å². The topological polar surface area (TPSA) is 89.5 Å². The highest BCUT2D eigenvalue weighted by Crippen LogP contribution is 2.39. The summed E-state index contributed by atoms with van der Waals surface area (Å²) in [6.45, 7) is 1.78. The summed E-state index contributed by atoms with van der Waals surface area (Å²) >= 11 is 0. The number of esters is 1. The van der Waals surface area contributed by atoms with E-state index >= 15 is 0 Å². The van der Waals surface area contributed by atoms with E-state index in [1.165, 1.54) is 47.7 Å². The summed E-state index contributed by atoms with van der Waals surface area (Å²) in [5.41, 5.74) is 0.569. The fourth-order valence-electron chi connectivity index (χ4n) is 2.91. The van der Waals surface area contributed by atoms with Crippen molar-refractivity contribution in [3.8, 4) is 28.7 Å². The Morgan fingerprint density at radius 1 is 0.774 bits per heavy atom. The summed E-state index contributed by atoms with van der Waals surface area (Å²) in [5, 5.41) is 0. The fourth-order valence-corrected chi connectivity index (χ4v) is 2.91. The average Bonchev–Trinajstić information content (AvgIpc) is 2.80. The molecule has 0 atom stereocenters. The Kier molecular flexibility index (Phi) is 8.31. The van der Waals surface area contributed by atoms with Gasteiger partial charge in [-0.2, -0.15) is 0 Å². The van der Waals surface area contributed by atoms with E-state index in [0.717, 1.165) is 0 Å². The maximum Gasteiger partial charge on any atom is 0.342 e. The molecule has 0 fully saturated rings. The van der Waals surface area contributed by atoms with Crippen molar-refractivity contribution in [3.05, 3.63) is 47.0 Å². The molecule has 0 saturated carbocycles. The third-order valence-corrected chi connectivity index (χ3v) is 4.38. The van der Waals surface area contributed by atoms with Gasteiger partial charge in [0.05, 0.1) is 42.2 Å². The average molecular weight is 430 g/mol. The van der Waals surface area contributed by atoms with Gasteiger partial charge in [-0.05, 0) is 48.9 Å². The number of carbonyl (C=O) groups excluding carboxylic acids is 2. The van der Waals surface area contributed by atoms with Crippen LogP contribution < -0.4 is 23.7 Å². The summed E-state index contributed by atoms with van der Waals surface area (Å²) in [6, 6.07) is 7.90. The summed E-state index contributed by atoms with van der Waals surface area (Å²) in [4.78, 5) is 25.8. The van der Waals surface area contributed by atoms with Crippen LogP contribution >= 0.6 is 0 Å². The maximum absolute atomic E-state index is 13.2. The fraction of sp³-hybridized carbons (Fsp3) is 0.304. The molecule has 0 amide bonds. The van der Waals surface area contributed by atoms with E-state index in [0.29, 0.717) is 34.3 Å². The van der Waals surface area contributed by atoms with Crippen LogP contribution in [0.15, 0.2) is 35.9 Å². The van der Waals surface area contributed by atoms with Crippen LogP contribution in [0.3, 0.4) is 0 Å². The molecule has 0 radical (unpaired) electrons. The van der Waals surface area contributed by atoms with E-state index in [2.05, 4.69) is 0 Å². The van der Waals surface area contributed by atoms with E-state index in [1.807, 2.05) is 0 Å². The minimum atomic E-state index is -0.754. The minimum Gasteiger partial charge on any atom is -0.493 e. The Balaban J connectivity index is 2.61. The molecule has 2 aromatic rings. The summed E-state index contributed by atoms with van der Waals surface area (Å²) in [5.74, 6) is 0.703. The zero-order valence-electron chi connectivity index (χ0n) is 18.4. The predicted molar refractivity (Wildman–Crippen MR) is 115 cm³/mol. The summed E-state index contributed by atoms with van der Waals surface area (Å²) < 4.78 is 31.6. The van der Waals surface area contributed by atoms with E-state index in [4.69, 9.17) is 28.4 Å². The molecule has 0 saturated heterocycles. The van der Waals surface area contributed by atoms with Gasteiger partial charge in [-0.25, -0.2) is 4.79 Å². The third kappa shape index (κ3) is 5.28. The molecule has 0 unspecified atom stereocenters. The standard InChI is InChI=1S/C23H26O8/c1-7-31-23(25)16(21(24)15-8-9-17(26-2)18(13-15)27-3)10-14-11-19(28-4)22(30-6)20(12-14)29-5/h8-13H,7H2,1-6H3/b16-10-. The molecule has 31 heavy (non-hydrogen) atoms. The van der Waals surface area contributed by atoms with Crippen LogP contribution in [0.1, 0.15) is 22.8 Å². The van der Waals surface area contributed by atoms with Crippen molar-refractivity contribution < 1.29 is 38.0 Å². The maximum atomic E-state index is 13.2. The van der Waals surface area contributed by atoms with E-state index < -0.39 is 11.8 Å². The number of Topliss-reactive ketones (excluding diaryl/α,β-unsaturated/α-hetero) is 1. The molecule has 8 heteroatoms. The number of benzene rings is 2. The molecule has 0 spiro atoms. The first kappa shape index (κ1) is 23.6. The Morgan fingerprint density at radius 2 is 1.35 bits per heavy atom. The highest BCUT2D eigenvalue weighted by molar-refractivity contribution is 6.27. The quantitative estimate of drug-likeness (QED) is 0.186. The van der Waals surface area contributed by atoms with Gasteiger partial charge in [-0.1, -0.05) is 0 Å². The molecule has 2 rings (SSSR count). The number of hydrogen-bond donors (Lipinski definition) is 0. The molecule has 0 aliphatic heterocycles. The van der Waals surface area contributed by atoms with Crippen molar-refractivity contribution in [2.45, 2.75) is 6.92 Å². The Hall–Kier alpha value is -3.68. The first-order chi connectivity index (χ1) is 14.9. The van der Waals surface area contributed by atoms with Crippen LogP contribution in [0.4, 0.5) is 0 Å². The predicted octanol–water partition coefficient (Wildman–Crippen LogP) is 3.56. The molecular weight excluding hydrogens is 404 g/mol. The second kappa shape index (κ2) is 10.9. The van der Waals surface area contributed by atoms with Crippen LogP contribution in [0.5, 0.6) is 28.7 Å². The number of rotatable bonds is 10. The number of methoxy groups -OCH3 is 5. The number of ether oxygens (including phenoxy) is 6. The van der Waals surface area contributed by atoms with Crippen LogP contribution in [-0.2, 0) is 9.53 Å². The Labute approximate surface area is 181 Å². The van der Waals surface area contributed by atoms with Gasteiger partial charge < -0.3 is 28.4 Å². The van der Waals surface area contributed by atoms with Crippen LogP contribution in [0.25, 0.3) is 6.08 Å². The van der Waals surface area contributed by atoms with Crippen LogP contribution in [-0.4, -0.2) is 53.9 Å².